The van der Waals surface area contributed by atoms with Crippen molar-refractivity contribution >= 4 is 5.97 Å². The van der Waals surface area contributed by atoms with Crippen LogP contribution in [0, 0.1) is 12.3 Å². The minimum absolute atomic E-state index is 0.0461. The number of rotatable bonds is 6. The maximum atomic E-state index is 12.3. The van der Waals surface area contributed by atoms with E-state index in [0.29, 0.717) is 12.3 Å². The molecule has 1 aromatic heterocycles. The highest BCUT2D eigenvalue weighted by atomic mass is 16.6. The number of aromatic nitrogens is 2. The molecule has 1 fully saturated rings. The normalized spacial score (nSPS) is 23.7. The van der Waals surface area contributed by atoms with E-state index in [4.69, 9.17) is 9.47 Å². The number of esters is 1. The maximum Gasteiger partial charge on any atom is 0.359 e. The van der Waals surface area contributed by atoms with Crippen LogP contribution in [0.15, 0.2) is 6.07 Å². The molecule has 2 rings (SSSR count). The predicted octanol–water partition coefficient (Wildman–Crippen LogP) is 2.87. The second-order valence-corrected chi connectivity index (χ2v) is 5.81. The van der Waals surface area contributed by atoms with Gasteiger partial charge in [0, 0.05) is 31.2 Å². The Labute approximate surface area is 126 Å². The van der Waals surface area contributed by atoms with Crippen LogP contribution in [0.25, 0.3) is 0 Å². The fourth-order valence-corrected chi connectivity index (χ4v) is 3.32. The number of hydrogen-bond acceptors (Lipinski definition) is 4. The first-order valence-electron chi connectivity index (χ1n) is 7.81. The van der Waals surface area contributed by atoms with Crippen molar-refractivity contribution in [2.45, 2.75) is 59.2 Å². The molecule has 2 atom stereocenters. The molecule has 1 heterocycles. The first-order chi connectivity index (χ1) is 9.98. The van der Waals surface area contributed by atoms with E-state index in [1.807, 2.05) is 20.9 Å². The summed E-state index contributed by atoms with van der Waals surface area (Å²) in [5.74, 6) is -0.329. The molecule has 1 aliphatic rings. The Hall–Kier alpha value is -1.36. The minimum atomic E-state index is -0.329. The zero-order chi connectivity index (χ0) is 15.6. The average Bonchev–Trinajstić information content (AvgIpc) is 2.79. The third kappa shape index (κ3) is 2.71. The summed E-state index contributed by atoms with van der Waals surface area (Å²) in [6.45, 7) is 8.90. The van der Waals surface area contributed by atoms with E-state index in [9.17, 15) is 4.79 Å². The molecule has 0 unspecified atom stereocenters. The van der Waals surface area contributed by atoms with Crippen LogP contribution in [0.4, 0.5) is 0 Å². The molecule has 118 valence electrons. The van der Waals surface area contributed by atoms with Crippen molar-refractivity contribution in [3.8, 4) is 0 Å². The van der Waals surface area contributed by atoms with Gasteiger partial charge in [-0.2, -0.15) is 5.10 Å². The first-order valence-corrected chi connectivity index (χ1v) is 7.81. The van der Waals surface area contributed by atoms with E-state index in [0.717, 1.165) is 25.0 Å². The second kappa shape index (κ2) is 6.18. The third-order valence-electron chi connectivity index (χ3n) is 4.97. The van der Waals surface area contributed by atoms with Crippen molar-refractivity contribution < 1.29 is 14.3 Å². The van der Waals surface area contributed by atoms with Gasteiger partial charge in [0.15, 0.2) is 5.69 Å². The predicted molar refractivity (Wildman–Crippen MR) is 80.2 cm³/mol. The number of hydrogen-bond donors (Lipinski definition) is 0. The Kier molecular flexibility index (Phi) is 4.71. The maximum absolute atomic E-state index is 12.3. The van der Waals surface area contributed by atoms with Gasteiger partial charge in [0.05, 0.1) is 6.10 Å². The van der Waals surface area contributed by atoms with Gasteiger partial charge < -0.3 is 9.47 Å². The quantitative estimate of drug-likeness (QED) is 0.757. The van der Waals surface area contributed by atoms with Crippen molar-refractivity contribution in [3.05, 3.63) is 17.5 Å². The molecule has 0 aliphatic heterocycles. The number of ether oxygens (including phenoxy) is 2. The summed E-state index contributed by atoms with van der Waals surface area (Å²) >= 11 is 0. The molecular formula is C16H26N2O3. The van der Waals surface area contributed by atoms with Crippen molar-refractivity contribution in [1.82, 2.24) is 9.78 Å². The van der Waals surface area contributed by atoms with Crippen LogP contribution in [0.5, 0.6) is 0 Å². The standard InChI is InChI=1S/C16H26N2O3/c1-6-16(7-2)13(20-8-3)10-14(16)21-15(19)12-9-11(4)18(5)17-12/h9,13-14H,6-8,10H2,1-5H3/t13-,14+/m1/s1. The van der Waals surface area contributed by atoms with Gasteiger partial charge in [-0.1, -0.05) is 13.8 Å². The zero-order valence-electron chi connectivity index (χ0n) is 13.7. The Morgan fingerprint density at radius 1 is 1.38 bits per heavy atom. The van der Waals surface area contributed by atoms with Crippen LogP contribution in [0.3, 0.4) is 0 Å². The summed E-state index contributed by atoms with van der Waals surface area (Å²) < 4.78 is 13.2. The fraction of sp³-hybridized carbons (Fsp3) is 0.750. The van der Waals surface area contributed by atoms with Gasteiger partial charge in [-0.25, -0.2) is 4.79 Å². The Balaban J connectivity index is 2.07. The summed E-state index contributed by atoms with van der Waals surface area (Å²) in [5, 5.41) is 4.19. The van der Waals surface area contributed by atoms with Gasteiger partial charge >= 0.3 is 5.97 Å². The van der Waals surface area contributed by atoms with Gasteiger partial charge in [-0.05, 0) is 32.8 Å². The molecule has 1 saturated carbocycles. The lowest BCUT2D eigenvalue weighted by Gasteiger charge is -2.53. The monoisotopic (exact) mass is 294 g/mol. The van der Waals surface area contributed by atoms with E-state index >= 15 is 0 Å². The molecule has 0 radical (unpaired) electrons. The Morgan fingerprint density at radius 3 is 2.52 bits per heavy atom. The third-order valence-corrected chi connectivity index (χ3v) is 4.97. The summed E-state index contributed by atoms with van der Waals surface area (Å²) in [5.41, 5.74) is 1.28. The first kappa shape index (κ1) is 16.0. The lowest BCUT2D eigenvalue weighted by Crippen LogP contribution is -2.59. The summed E-state index contributed by atoms with van der Waals surface area (Å²) in [7, 11) is 1.82. The number of aryl methyl sites for hydroxylation is 2. The van der Waals surface area contributed by atoms with Crippen molar-refractivity contribution in [3.63, 3.8) is 0 Å². The van der Waals surface area contributed by atoms with E-state index < -0.39 is 0 Å². The van der Waals surface area contributed by atoms with Crippen LogP contribution in [0.2, 0.25) is 0 Å². The topological polar surface area (TPSA) is 53.4 Å². The van der Waals surface area contributed by atoms with Gasteiger partial charge in [-0.3, -0.25) is 4.68 Å². The second-order valence-electron chi connectivity index (χ2n) is 5.81. The lowest BCUT2D eigenvalue weighted by atomic mass is 9.60. The summed E-state index contributed by atoms with van der Waals surface area (Å²) in [6, 6.07) is 1.76. The minimum Gasteiger partial charge on any atom is -0.457 e. The molecule has 5 heteroatoms. The molecule has 21 heavy (non-hydrogen) atoms. The van der Waals surface area contributed by atoms with E-state index in [-0.39, 0.29) is 23.6 Å². The Bertz CT molecular complexity index is 486. The summed E-state index contributed by atoms with van der Waals surface area (Å²) in [4.78, 5) is 12.3. The van der Waals surface area contributed by atoms with Crippen molar-refractivity contribution in [2.24, 2.45) is 12.5 Å². The average molecular weight is 294 g/mol. The smallest absolute Gasteiger partial charge is 0.359 e. The molecule has 0 saturated heterocycles. The fourth-order valence-electron chi connectivity index (χ4n) is 3.32. The molecule has 1 aliphatic carbocycles. The zero-order valence-corrected chi connectivity index (χ0v) is 13.7. The molecule has 5 nitrogen and oxygen atoms in total. The van der Waals surface area contributed by atoms with Crippen molar-refractivity contribution in [2.75, 3.05) is 6.61 Å². The highest BCUT2D eigenvalue weighted by Crippen LogP contribution is 2.50. The van der Waals surface area contributed by atoms with Gasteiger partial charge in [0.25, 0.3) is 0 Å². The van der Waals surface area contributed by atoms with E-state index in [2.05, 4.69) is 18.9 Å². The molecule has 1 aromatic rings. The van der Waals surface area contributed by atoms with Crippen LogP contribution < -0.4 is 0 Å². The number of carbonyl (C=O) groups excluding carboxylic acids is 1. The molecule has 0 N–H and O–H groups in total. The molecular weight excluding hydrogens is 268 g/mol. The summed E-state index contributed by atoms with van der Waals surface area (Å²) in [6.07, 6.45) is 2.81. The van der Waals surface area contributed by atoms with Gasteiger partial charge in [0.1, 0.15) is 6.10 Å². The Morgan fingerprint density at radius 2 is 2.05 bits per heavy atom. The van der Waals surface area contributed by atoms with E-state index in [1.165, 1.54) is 0 Å². The SMILES string of the molecule is CCO[C@@H]1C[C@H](OC(=O)c2cc(C)n(C)n2)C1(CC)CC. The van der Waals surface area contributed by atoms with Crippen LogP contribution in [-0.2, 0) is 16.5 Å². The molecule has 0 aromatic carbocycles. The molecule has 0 bridgehead atoms. The van der Waals surface area contributed by atoms with E-state index in [1.54, 1.807) is 10.7 Å². The highest BCUT2D eigenvalue weighted by molar-refractivity contribution is 5.87. The van der Waals surface area contributed by atoms with Crippen LogP contribution in [-0.4, -0.2) is 34.6 Å². The largest absolute Gasteiger partial charge is 0.457 e. The van der Waals surface area contributed by atoms with Crippen molar-refractivity contribution in [1.29, 1.82) is 0 Å². The number of nitrogens with zero attached hydrogens (tertiary/aromatic N) is 2. The van der Waals surface area contributed by atoms with Gasteiger partial charge in [-0.15, -0.1) is 0 Å². The highest BCUT2D eigenvalue weighted by Gasteiger charge is 2.55. The van der Waals surface area contributed by atoms with Crippen LogP contribution in [0.1, 0.15) is 56.2 Å². The number of carbonyl (C=O) groups is 1. The molecule has 0 spiro atoms. The van der Waals surface area contributed by atoms with Crippen LogP contribution >= 0.6 is 0 Å². The molecule has 0 amide bonds. The van der Waals surface area contributed by atoms with Gasteiger partial charge in [0.2, 0.25) is 0 Å². The lowest BCUT2D eigenvalue weighted by molar-refractivity contribution is -0.195.